The molecule has 2 aliphatic heterocycles. The van der Waals surface area contributed by atoms with Gasteiger partial charge in [0.05, 0.1) is 5.69 Å². The largest absolute Gasteiger partial charge is 0.382 e. The first-order chi connectivity index (χ1) is 22.6. The molecule has 47 heavy (non-hydrogen) atoms. The lowest BCUT2D eigenvalue weighted by Crippen LogP contribution is -2.48. The molecular formula is C34H37N9O4. The third-order valence-corrected chi connectivity index (χ3v) is 9.16. The predicted molar refractivity (Wildman–Crippen MR) is 176 cm³/mol. The summed E-state index contributed by atoms with van der Waals surface area (Å²) in [6.45, 7) is 4.73. The zero-order valence-corrected chi connectivity index (χ0v) is 26.4. The van der Waals surface area contributed by atoms with Crippen molar-refractivity contribution >= 4 is 28.8 Å². The van der Waals surface area contributed by atoms with Gasteiger partial charge in [-0.05, 0) is 81.8 Å². The smallest absolute Gasteiger partial charge is 0.285 e. The Morgan fingerprint density at radius 2 is 1.79 bits per heavy atom. The fraction of sp³-hybridized carbons (Fsp3) is 0.353. The van der Waals surface area contributed by atoms with E-state index < -0.39 is 11.5 Å². The van der Waals surface area contributed by atoms with E-state index in [1.165, 1.54) is 24.9 Å². The van der Waals surface area contributed by atoms with Gasteiger partial charge in [-0.2, -0.15) is 9.78 Å². The van der Waals surface area contributed by atoms with Crippen molar-refractivity contribution in [2.75, 3.05) is 24.1 Å². The van der Waals surface area contributed by atoms with Crippen LogP contribution in [0.15, 0.2) is 65.8 Å². The van der Waals surface area contributed by atoms with Gasteiger partial charge in [-0.3, -0.25) is 19.1 Å². The molecule has 6 heterocycles. The van der Waals surface area contributed by atoms with Crippen molar-refractivity contribution in [2.24, 2.45) is 0 Å². The number of nitrogen functional groups attached to an aromatic ring is 1. The van der Waals surface area contributed by atoms with Crippen molar-refractivity contribution in [2.45, 2.75) is 64.0 Å². The fourth-order valence-electron chi connectivity index (χ4n) is 6.86. The molecular weight excluding hydrogens is 598 g/mol. The summed E-state index contributed by atoms with van der Waals surface area (Å²) in [4.78, 5) is 50.1. The lowest BCUT2D eigenvalue weighted by Gasteiger charge is -2.35. The second-order valence-corrected chi connectivity index (χ2v) is 12.8. The molecule has 4 aromatic heterocycles. The zero-order chi connectivity index (χ0) is 32.9. The minimum Gasteiger partial charge on any atom is -0.382 e. The van der Waals surface area contributed by atoms with Crippen LogP contribution in [0.25, 0.3) is 22.5 Å². The maximum Gasteiger partial charge on any atom is 0.285 e. The Hall–Kier alpha value is -5.30. The molecule has 13 heteroatoms. The van der Waals surface area contributed by atoms with Crippen molar-refractivity contribution in [3.8, 4) is 16.9 Å². The highest BCUT2D eigenvalue weighted by atomic mass is 16.3. The Morgan fingerprint density at radius 3 is 2.49 bits per heavy atom. The number of nitrogens with two attached hydrogens (primary N) is 1. The average Bonchev–Trinajstić information content (AvgIpc) is 3.61. The van der Waals surface area contributed by atoms with Crippen molar-refractivity contribution < 1.29 is 14.7 Å². The van der Waals surface area contributed by atoms with Gasteiger partial charge in [-0.15, -0.1) is 0 Å². The summed E-state index contributed by atoms with van der Waals surface area (Å²) < 4.78 is 5.21. The van der Waals surface area contributed by atoms with Crippen LogP contribution in [0.5, 0.6) is 0 Å². The standard InChI is InChI=1S/C34H37N9O4/c1-34(2,47)33(46)40-17-13-22(14-18-40)26-19-24(29-30(35)37-20-38-42(26)29)21-9-11-23(12-10-21)39-31(44)28-25-7-4-6-16-41(25)43(32(28)45)27-8-3-5-15-36-27/h3,5,8-12,15,19-20,22,47H,4,6-7,13-14,16-18H2,1-2H3,(H,39,44)(H2,35,37,38). The van der Waals surface area contributed by atoms with Crippen molar-refractivity contribution in [1.29, 1.82) is 0 Å². The fourth-order valence-corrected chi connectivity index (χ4v) is 6.86. The highest BCUT2D eigenvalue weighted by Crippen LogP contribution is 2.37. The van der Waals surface area contributed by atoms with E-state index in [0.29, 0.717) is 61.7 Å². The first-order valence-corrected chi connectivity index (χ1v) is 15.9. The summed E-state index contributed by atoms with van der Waals surface area (Å²) in [6.07, 6.45) is 6.96. The van der Waals surface area contributed by atoms with Gasteiger partial charge in [-0.25, -0.2) is 14.5 Å². The minimum atomic E-state index is -1.41. The third kappa shape index (κ3) is 5.46. The first kappa shape index (κ1) is 30.4. The summed E-state index contributed by atoms with van der Waals surface area (Å²) >= 11 is 0. The minimum absolute atomic E-state index is 0.124. The highest BCUT2D eigenvalue weighted by Gasteiger charge is 2.34. The number of anilines is 2. The van der Waals surface area contributed by atoms with Gasteiger partial charge in [0.15, 0.2) is 11.6 Å². The van der Waals surface area contributed by atoms with Gasteiger partial charge < -0.3 is 21.1 Å². The van der Waals surface area contributed by atoms with Crippen LogP contribution in [0.1, 0.15) is 67.2 Å². The van der Waals surface area contributed by atoms with Crippen LogP contribution in [0.4, 0.5) is 11.5 Å². The third-order valence-electron chi connectivity index (χ3n) is 9.16. The van der Waals surface area contributed by atoms with Crippen LogP contribution in [0.2, 0.25) is 0 Å². The second kappa shape index (κ2) is 11.8. The lowest BCUT2D eigenvalue weighted by molar-refractivity contribution is -0.148. The number of rotatable bonds is 6. The SMILES string of the molecule is CC(C)(O)C(=O)N1CCC(c2cc(-c3ccc(NC(=O)c4c5n(n(-c6ccccn6)c4=O)CCCC5)cc3)c3c(N)ncnn23)CC1. The molecule has 4 N–H and O–H groups in total. The molecule has 2 amide bonds. The normalized spacial score (nSPS) is 15.5. The molecule has 7 rings (SSSR count). The van der Waals surface area contributed by atoms with E-state index in [0.717, 1.165) is 35.4 Å². The molecule has 0 saturated carbocycles. The summed E-state index contributed by atoms with van der Waals surface area (Å²) in [6, 6.07) is 14.8. The molecule has 1 aromatic carbocycles. The molecule has 0 aliphatic carbocycles. The van der Waals surface area contributed by atoms with E-state index in [-0.39, 0.29) is 22.9 Å². The molecule has 0 radical (unpaired) electrons. The number of likely N-dealkylation sites (tertiary alicyclic amines) is 1. The van der Waals surface area contributed by atoms with Crippen LogP contribution in [0.3, 0.4) is 0 Å². The molecule has 5 aromatic rings. The van der Waals surface area contributed by atoms with Crippen LogP contribution in [-0.4, -0.2) is 69.5 Å². The Morgan fingerprint density at radius 1 is 1.02 bits per heavy atom. The Labute approximate surface area is 270 Å². The number of piperidine rings is 1. The van der Waals surface area contributed by atoms with E-state index in [4.69, 9.17) is 5.73 Å². The molecule has 0 atom stereocenters. The molecule has 2 aliphatic rings. The number of carbonyl (C=O) groups excluding carboxylic acids is 2. The molecule has 0 spiro atoms. The molecule has 242 valence electrons. The Bertz CT molecular complexity index is 2030. The number of amides is 2. The monoisotopic (exact) mass is 635 g/mol. The van der Waals surface area contributed by atoms with E-state index >= 15 is 0 Å². The van der Waals surface area contributed by atoms with E-state index in [2.05, 4.69) is 26.4 Å². The van der Waals surface area contributed by atoms with E-state index in [9.17, 15) is 19.5 Å². The number of benzene rings is 1. The number of nitrogens with zero attached hydrogens (tertiary/aromatic N) is 7. The van der Waals surface area contributed by atoms with Crippen LogP contribution >= 0.6 is 0 Å². The van der Waals surface area contributed by atoms with Gasteiger partial charge in [-0.1, -0.05) is 18.2 Å². The van der Waals surface area contributed by atoms with Gasteiger partial charge in [0.1, 0.15) is 23.0 Å². The summed E-state index contributed by atoms with van der Waals surface area (Å²) in [5.41, 5.74) is 9.37. The number of fused-ring (bicyclic) bond motifs is 2. The van der Waals surface area contributed by atoms with Crippen LogP contribution < -0.4 is 16.6 Å². The summed E-state index contributed by atoms with van der Waals surface area (Å²) in [5.74, 6) is 0.229. The maximum absolute atomic E-state index is 13.6. The van der Waals surface area contributed by atoms with Crippen molar-refractivity contribution in [3.05, 3.63) is 88.4 Å². The average molecular weight is 636 g/mol. The second-order valence-electron chi connectivity index (χ2n) is 12.8. The van der Waals surface area contributed by atoms with Crippen molar-refractivity contribution in [1.82, 2.24) is 33.8 Å². The highest BCUT2D eigenvalue weighted by molar-refractivity contribution is 6.05. The van der Waals surface area contributed by atoms with Gasteiger partial charge in [0, 0.05) is 48.7 Å². The lowest BCUT2D eigenvalue weighted by atomic mass is 9.92. The van der Waals surface area contributed by atoms with Crippen LogP contribution in [-0.2, 0) is 17.8 Å². The first-order valence-electron chi connectivity index (χ1n) is 15.9. The van der Waals surface area contributed by atoms with Gasteiger partial charge >= 0.3 is 0 Å². The van der Waals surface area contributed by atoms with E-state index in [1.807, 2.05) is 27.4 Å². The number of carbonyl (C=O) groups is 2. The molecule has 13 nitrogen and oxygen atoms in total. The summed E-state index contributed by atoms with van der Waals surface area (Å²) in [5, 5.41) is 17.6. The van der Waals surface area contributed by atoms with E-state index in [1.54, 1.807) is 35.4 Å². The van der Waals surface area contributed by atoms with Crippen molar-refractivity contribution in [3.63, 3.8) is 0 Å². The maximum atomic E-state index is 13.6. The molecule has 1 fully saturated rings. The number of hydrogen-bond acceptors (Lipinski definition) is 8. The number of aliphatic hydroxyl groups is 1. The van der Waals surface area contributed by atoms with Crippen LogP contribution in [0, 0.1) is 0 Å². The number of nitrogens with one attached hydrogen (secondary N) is 1. The Balaban J connectivity index is 1.15. The van der Waals surface area contributed by atoms with Gasteiger partial charge in [0.25, 0.3) is 17.4 Å². The van der Waals surface area contributed by atoms with Gasteiger partial charge in [0.2, 0.25) is 0 Å². The number of hydrogen-bond donors (Lipinski definition) is 3. The zero-order valence-electron chi connectivity index (χ0n) is 26.4. The predicted octanol–water partition coefficient (Wildman–Crippen LogP) is 3.39. The molecule has 0 bridgehead atoms. The topological polar surface area (TPSA) is 166 Å². The number of aromatic nitrogens is 6. The Kier molecular flexibility index (Phi) is 7.63. The molecule has 1 saturated heterocycles. The quantitative estimate of drug-likeness (QED) is 0.255. The number of pyridine rings is 1. The summed E-state index contributed by atoms with van der Waals surface area (Å²) in [7, 11) is 0. The molecule has 0 unspecified atom stereocenters.